The number of rotatable bonds is 8. The lowest BCUT2D eigenvalue weighted by molar-refractivity contribution is 0.0481. The molecule has 5 rings (SSSR count). The van der Waals surface area contributed by atoms with Crippen molar-refractivity contribution >= 4 is 10.9 Å². The molecule has 3 aromatic rings. The topological polar surface area (TPSA) is 88.9 Å². The van der Waals surface area contributed by atoms with E-state index in [9.17, 15) is 4.79 Å². The van der Waals surface area contributed by atoms with Crippen molar-refractivity contribution in [3.05, 3.63) is 51.6 Å². The highest BCUT2D eigenvalue weighted by molar-refractivity contribution is 5.79. The van der Waals surface area contributed by atoms with Gasteiger partial charge in [0, 0.05) is 30.8 Å². The fraction of sp³-hybridized carbons (Fsp3) is 0.615. The number of ether oxygens (including phenoxy) is 1. The molecule has 0 unspecified atom stereocenters. The lowest BCUT2D eigenvalue weighted by Crippen LogP contribution is -2.38. The first-order chi connectivity index (χ1) is 16.6. The number of nitrogens with one attached hydrogen (secondary N) is 1. The van der Waals surface area contributed by atoms with E-state index >= 15 is 0 Å². The summed E-state index contributed by atoms with van der Waals surface area (Å²) in [5.74, 6) is 0.917. The standard InChI is InChI=1S/C26H36N6O2/c1-3-24(25-28-29-30-32(25)21-8-5-4-6-9-21)31(17-22-10-7-13-34-22)16-20-15-19-14-18(2)11-12-23(19)27-26(20)33/h11-12,14-15,21-22,24H,3-10,13,16-17H2,1-2H3,(H,27,33)/t22-,24+/m0/s1. The molecule has 2 aromatic heterocycles. The van der Waals surface area contributed by atoms with E-state index in [1.807, 2.05) is 18.2 Å². The second-order valence-corrected chi connectivity index (χ2v) is 9.98. The fourth-order valence-electron chi connectivity index (χ4n) is 5.67. The van der Waals surface area contributed by atoms with E-state index in [2.05, 4.69) is 50.0 Å². The number of pyridine rings is 1. The first-order valence-electron chi connectivity index (χ1n) is 12.9. The molecule has 8 nitrogen and oxygen atoms in total. The molecule has 1 aromatic carbocycles. The molecule has 1 aliphatic heterocycles. The largest absolute Gasteiger partial charge is 0.377 e. The van der Waals surface area contributed by atoms with Crippen LogP contribution in [0.1, 0.15) is 87.3 Å². The Hall–Kier alpha value is -2.58. The molecule has 182 valence electrons. The summed E-state index contributed by atoms with van der Waals surface area (Å²) in [5, 5.41) is 14.1. The summed E-state index contributed by atoms with van der Waals surface area (Å²) < 4.78 is 8.08. The van der Waals surface area contributed by atoms with Crippen LogP contribution in [0.3, 0.4) is 0 Å². The zero-order chi connectivity index (χ0) is 23.5. The van der Waals surface area contributed by atoms with Gasteiger partial charge in [0.1, 0.15) is 0 Å². The van der Waals surface area contributed by atoms with Crippen molar-refractivity contribution in [3.8, 4) is 0 Å². The molecule has 0 bridgehead atoms. The lowest BCUT2D eigenvalue weighted by atomic mass is 9.95. The third-order valence-electron chi connectivity index (χ3n) is 7.48. The number of aryl methyl sites for hydroxylation is 1. The Morgan fingerprint density at radius 2 is 2.03 bits per heavy atom. The van der Waals surface area contributed by atoms with E-state index in [-0.39, 0.29) is 17.7 Å². The van der Waals surface area contributed by atoms with Crippen molar-refractivity contribution in [1.29, 1.82) is 0 Å². The molecule has 0 radical (unpaired) electrons. The first kappa shape index (κ1) is 23.2. The molecule has 2 fully saturated rings. The number of aromatic nitrogens is 5. The summed E-state index contributed by atoms with van der Waals surface area (Å²) in [6.45, 7) is 6.37. The maximum Gasteiger partial charge on any atom is 0.252 e. The lowest BCUT2D eigenvalue weighted by Gasteiger charge is -2.33. The fourth-order valence-corrected chi connectivity index (χ4v) is 5.67. The minimum absolute atomic E-state index is 0.0220. The molecule has 0 spiro atoms. The molecule has 1 N–H and O–H groups in total. The van der Waals surface area contributed by atoms with Crippen LogP contribution in [-0.4, -0.2) is 49.3 Å². The SMILES string of the molecule is CC[C@H](c1nnnn1C1CCCCC1)N(Cc1cc2cc(C)ccc2[nH]c1=O)C[C@@H]1CCCO1. The van der Waals surface area contributed by atoms with E-state index in [1.165, 1.54) is 24.8 Å². The Morgan fingerprint density at radius 3 is 2.79 bits per heavy atom. The Bertz CT molecular complexity index is 1160. The predicted octanol–water partition coefficient (Wildman–Crippen LogP) is 4.46. The minimum atomic E-state index is -0.0320. The third-order valence-corrected chi connectivity index (χ3v) is 7.48. The summed E-state index contributed by atoms with van der Waals surface area (Å²) in [6.07, 6.45) is 9.19. The monoisotopic (exact) mass is 464 g/mol. The van der Waals surface area contributed by atoms with Gasteiger partial charge in [0.25, 0.3) is 5.56 Å². The van der Waals surface area contributed by atoms with E-state index < -0.39 is 0 Å². The Kier molecular flexibility index (Phi) is 7.06. The van der Waals surface area contributed by atoms with Gasteiger partial charge in [-0.3, -0.25) is 9.69 Å². The zero-order valence-electron chi connectivity index (χ0n) is 20.4. The van der Waals surface area contributed by atoms with Crippen LogP contribution in [0.25, 0.3) is 10.9 Å². The van der Waals surface area contributed by atoms with Gasteiger partial charge in [-0.2, -0.15) is 0 Å². The van der Waals surface area contributed by atoms with Crippen molar-refractivity contribution < 1.29 is 4.74 Å². The maximum absolute atomic E-state index is 13.0. The van der Waals surface area contributed by atoms with Gasteiger partial charge in [-0.1, -0.05) is 37.8 Å². The number of fused-ring (bicyclic) bond motifs is 1. The molecule has 1 aliphatic carbocycles. The van der Waals surface area contributed by atoms with Crippen LogP contribution in [0, 0.1) is 6.92 Å². The number of nitrogens with zero attached hydrogens (tertiary/aromatic N) is 5. The molecular weight excluding hydrogens is 428 g/mol. The van der Waals surface area contributed by atoms with Crippen LogP contribution in [0.2, 0.25) is 0 Å². The zero-order valence-corrected chi connectivity index (χ0v) is 20.4. The average Bonchev–Trinajstić information content (AvgIpc) is 3.53. The highest BCUT2D eigenvalue weighted by atomic mass is 16.5. The van der Waals surface area contributed by atoms with E-state index in [1.54, 1.807) is 0 Å². The minimum Gasteiger partial charge on any atom is -0.377 e. The van der Waals surface area contributed by atoms with Gasteiger partial charge in [0.2, 0.25) is 0 Å². The Labute approximate surface area is 200 Å². The van der Waals surface area contributed by atoms with Crippen molar-refractivity contribution in [2.75, 3.05) is 13.2 Å². The number of aromatic amines is 1. The van der Waals surface area contributed by atoms with E-state index in [0.717, 1.165) is 67.5 Å². The van der Waals surface area contributed by atoms with Gasteiger partial charge in [-0.25, -0.2) is 4.68 Å². The van der Waals surface area contributed by atoms with Crippen LogP contribution in [0.15, 0.2) is 29.1 Å². The van der Waals surface area contributed by atoms with Crippen LogP contribution in [0.5, 0.6) is 0 Å². The van der Waals surface area contributed by atoms with E-state index in [0.29, 0.717) is 12.6 Å². The van der Waals surface area contributed by atoms with Crippen molar-refractivity contribution in [1.82, 2.24) is 30.1 Å². The Morgan fingerprint density at radius 1 is 1.18 bits per heavy atom. The number of hydrogen-bond acceptors (Lipinski definition) is 6. The second kappa shape index (κ2) is 10.4. The normalized spacial score (nSPS) is 20.4. The highest BCUT2D eigenvalue weighted by Gasteiger charge is 2.31. The number of hydrogen-bond donors (Lipinski definition) is 1. The summed E-state index contributed by atoms with van der Waals surface area (Å²) in [4.78, 5) is 18.5. The molecule has 34 heavy (non-hydrogen) atoms. The molecular formula is C26H36N6O2. The molecule has 2 aliphatic rings. The molecule has 8 heteroatoms. The molecule has 2 atom stereocenters. The van der Waals surface area contributed by atoms with Crippen molar-refractivity contribution in [3.63, 3.8) is 0 Å². The first-order valence-corrected chi connectivity index (χ1v) is 12.9. The van der Waals surface area contributed by atoms with Crippen LogP contribution < -0.4 is 5.56 Å². The predicted molar refractivity (Wildman–Crippen MR) is 132 cm³/mol. The van der Waals surface area contributed by atoms with E-state index in [4.69, 9.17) is 4.74 Å². The van der Waals surface area contributed by atoms with Gasteiger partial charge in [0.15, 0.2) is 5.82 Å². The van der Waals surface area contributed by atoms with Gasteiger partial charge < -0.3 is 9.72 Å². The quantitative estimate of drug-likeness (QED) is 0.529. The van der Waals surface area contributed by atoms with Crippen LogP contribution >= 0.6 is 0 Å². The van der Waals surface area contributed by atoms with Gasteiger partial charge in [-0.05, 0) is 73.0 Å². The van der Waals surface area contributed by atoms with Gasteiger partial charge >= 0.3 is 0 Å². The van der Waals surface area contributed by atoms with Gasteiger partial charge in [0.05, 0.1) is 18.2 Å². The summed E-state index contributed by atoms with van der Waals surface area (Å²) in [7, 11) is 0. The molecule has 1 saturated carbocycles. The second-order valence-electron chi connectivity index (χ2n) is 9.98. The summed E-state index contributed by atoms with van der Waals surface area (Å²) >= 11 is 0. The smallest absolute Gasteiger partial charge is 0.252 e. The number of tetrazole rings is 1. The van der Waals surface area contributed by atoms with Gasteiger partial charge in [-0.15, -0.1) is 5.10 Å². The van der Waals surface area contributed by atoms with Crippen LogP contribution in [0.4, 0.5) is 0 Å². The maximum atomic E-state index is 13.0. The van der Waals surface area contributed by atoms with Crippen molar-refractivity contribution in [2.24, 2.45) is 0 Å². The average molecular weight is 465 g/mol. The molecule has 0 amide bonds. The van der Waals surface area contributed by atoms with Crippen LogP contribution in [-0.2, 0) is 11.3 Å². The molecule has 3 heterocycles. The third kappa shape index (κ3) is 4.93. The Balaban J connectivity index is 1.48. The summed E-state index contributed by atoms with van der Waals surface area (Å²) in [6, 6.07) is 8.56. The summed E-state index contributed by atoms with van der Waals surface area (Å²) in [5.41, 5.74) is 2.79. The number of H-pyrrole nitrogens is 1. The molecule has 1 saturated heterocycles. The van der Waals surface area contributed by atoms with Crippen molar-refractivity contribution in [2.45, 2.75) is 89.9 Å². The highest BCUT2D eigenvalue weighted by Crippen LogP contribution is 2.32. The number of benzene rings is 1.